The number of Topliss-reactive ketones (excluding diaryl/α,β-unsaturated/α-hetero) is 1. The lowest BCUT2D eigenvalue weighted by molar-refractivity contribution is -0.129. The Hall–Kier alpha value is -0.450. The summed E-state index contributed by atoms with van der Waals surface area (Å²) in [5, 5.41) is 3.42. The lowest BCUT2D eigenvalue weighted by atomic mass is 9.86. The summed E-state index contributed by atoms with van der Waals surface area (Å²) in [4.78, 5) is 14.1. The maximum Gasteiger partial charge on any atom is 0.138 e. The fourth-order valence-electron chi connectivity index (χ4n) is 1.56. The molecule has 0 radical (unpaired) electrons. The van der Waals surface area contributed by atoms with Gasteiger partial charge in [0.15, 0.2) is 0 Å². The van der Waals surface area contributed by atoms with Crippen LogP contribution in [0.3, 0.4) is 0 Å². The van der Waals surface area contributed by atoms with E-state index in [1.807, 2.05) is 41.7 Å². The Morgan fingerprint density at radius 1 is 1.05 bits per heavy atom. The second-order valence-corrected chi connectivity index (χ2v) is 8.65. The first-order valence-electron chi connectivity index (χ1n) is 7.84. The van der Waals surface area contributed by atoms with Gasteiger partial charge in [-0.2, -0.15) is 0 Å². The molecule has 0 aromatic heterocycles. The fraction of sp³-hybridized carbons (Fsp3) is 0.941. The predicted molar refractivity (Wildman–Crippen MR) is 89.2 cm³/mol. The van der Waals surface area contributed by atoms with Gasteiger partial charge in [0.1, 0.15) is 12.5 Å². The third-order valence-corrected chi connectivity index (χ3v) is 3.35. The molecular weight excluding hydrogens is 264 g/mol. The highest BCUT2D eigenvalue weighted by Gasteiger charge is 2.26. The molecular formula is C17H36N2O2. The van der Waals surface area contributed by atoms with Crippen molar-refractivity contribution in [1.82, 2.24) is 10.2 Å². The van der Waals surface area contributed by atoms with Crippen LogP contribution in [0, 0.1) is 5.41 Å². The maximum atomic E-state index is 12.0. The van der Waals surface area contributed by atoms with Crippen molar-refractivity contribution in [2.45, 2.75) is 79.4 Å². The highest BCUT2D eigenvalue weighted by atomic mass is 16.5. The van der Waals surface area contributed by atoms with Gasteiger partial charge in [0.05, 0.1) is 12.3 Å². The Bertz CT molecular complexity index is 325. The van der Waals surface area contributed by atoms with Gasteiger partial charge in [-0.15, -0.1) is 0 Å². The molecule has 0 bridgehead atoms. The molecule has 0 aromatic carbocycles. The Morgan fingerprint density at radius 2 is 1.57 bits per heavy atom. The Balaban J connectivity index is 4.10. The van der Waals surface area contributed by atoms with Crippen molar-refractivity contribution in [3.63, 3.8) is 0 Å². The predicted octanol–water partition coefficient (Wildman–Crippen LogP) is 3.41. The lowest BCUT2D eigenvalue weighted by Crippen LogP contribution is -2.44. The van der Waals surface area contributed by atoms with Gasteiger partial charge in [0.25, 0.3) is 0 Å². The zero-order valence-electron chi connectivity index (χ0n) is 15.6. The molecule has 0 unspecified atom stereocenters. The minimum absolute atomic E-state index is 0.100. The average molecular weight is 300 g/mol. The minimum Gasteiger partial charge on any atom is -0.360 e. The van der Waals surface area contributed by atoms with Crippen LogP contribution in [0.5, 0.6) is 0 Å². The molecule has 0 aliphatic carbocycles. The topological polar surface area (TPSA) is 41.6 Å². The van der Waals surface area contributed by atoms with E-state index in [2.05, 4.69) is 31.0 Å². The molecule has 0 aliphatic heterocycles. The summed E-state index contributed by atoms with van der Waals surface area (Å²) in [6.07, 6.45) is 1.32. The molecule has 0 amide bonds. The van der Waals surface area contributed by atoms with Crippen molar-refractivity contribution in [2.75, 3.05) is 20.4 Å². The molecule has 0 aliphatic rings. The van der Waals surface area contributed by atoms with Crippen molar-refractivity contribution >= 4 is 5.78 Å². The van der Waals surface area contributed by atoms with Crippen LogP contribution in [-0.2, 0) is 9.53 Å². The number of carbonyl (C=O) groups is 1. The monoisotopic (exact) mass is 300 g/mol. The Labute approximate surface area is 131 Å². The lowest BCUT2D eigenvalue weighted by Gasteiger charge is -2.31. The molecule has 0 heterocycles. The van der Waals surface area contributed by atoms with E-state index in [1.165, 1.54) is 0 Å². The maximum absolute atomic E-state index is 12.0. The van der Waals surface area contributed by atoms with Crippen LogP contribution in [0.4, 0.5) is 0 Å². The van der Waals surface area contributed by atoms with Crippen molar-refractivity contribution in [3.8, 4) is 0 Å². The van der Waals surface area contributed by atoms with E-state index in [0.717, 1.165) is 13.1 Å². The van der Waals surface area contributed by atoms with Crippen molar-refractivity contribution in [1.29, 1.82) is 0 Å². The van der Waals surface area contributed by atoms with E-state index in [1.54, 1.807) is 0 Å². The van der Waals surface area contributed by atoms with Crippen LogP contribution in [0.1, 0.15) is 68.2 Å². The molecule has 21 heavy (non-hydrogen) atoms. The third kappa shape index (κ3) is 10.9. The van der Waals surface area contributed by atoms with E-state index in [-0.39, 0.29) is 16.6 Å². The number of hydrogen-bond donors (Lipinski definition) is 1. The first kappa shape index (κ1) is 20.6. The van der Waals surface area contributed by atoms with Gasteiger partial charge in [-0.05, 0) is 48.1 Å². The number of hydrogen-bond acceptors (Lipinski definition) is 4. The number of rotatable bonds is 8. The molecule has 0 saturated heterocycles. The molecule has 4 nitrogen and oxygen atoms in total. The van der Waals surface area contributed by atoms with Gasteiger partial charge >= 0.3 is 0 Å². The molecule has 0 aromatic rings. The number of carbonyl (C=O) groups excluding carboxylic acids is 1. The van der Waals surface area contributed by atoms with Gasteiger partial charge in [-0.1, -0.05) is 20.8 Å². The normalized spacial score (nSPS) is 13.8. The molecule has 0 rings (SSSR count). The Kier molecular flexibility index (Phi) is 7.54. The molecule has 0 spiro atoms. The van der Waals surface area contributed by atoms with Gasteiger partial charge in [0.2, 0.25) is 0 Å². The van der Waals surface area contributed by atoms with E-state index in [9.17, 15) is 4.79 Å². The SMILES string of the molecule is CN(CNC(C)(C)C)COC(C)(C)CCC(=O)C(C)(C)C. The van der Waals surface area contributed by atoms with Crippen LogP contribution >= 0.6 is 0 Å². The summed E-state index contributed by atoms with van der Waals surface area (Å²) in [6, 6.07) is 0. The molecule has 1 N–H and O–H groups in total. The van der Waals surface area contributed by atoms with Crippen molar-refractivity contribution in [2.24, 2.45) is 5.41 Å². The molecule has 0 fully saturated rings. The second kappa shape index (κ2) is 7.70. The van der Waals surface area contributed by atoms with Gasteiger partial charge in [0, 0.05) is 17.4 Å². The number of ketones is 1. The first-order valence-corrected chi connectivity index (χ1v) is 7.84. The summed E-state index contributed by atoms with van der Waals surface area (Å²) >= 11 is 0. The summed E-state index contributed by atoms with van der Waals surface area (Å²) in [5.41, 5.74) is -0.441. The molecule has 126 valence electrons. The van der Waals surface area contributed by atoms with Gasteiger partial charge in [-0.3, -0.25) is 15.0 Å². The highest BCUT2D eigenvalue weighted by molar-refractivity contribution is 5.83. The summed E-state index contributed by atoms with van der Waals surface area (Å²) in [7, 11) is 2.02. The molecule has 0 atom stereocenters. The van der Waals surface area contributed by atoms with E-state index >= 15 is 0 Å². The van der Waals surface area contributed by atoms with Gasteiger partial charge in [-0.25, -0.2) is 0 Å². The molecule has 4 heteroatoms. The zero-order chi connectivity index (χ0) is 16.9. The van der Waals surface area contributed by atoms with Crippen LogP contribution in [0.25, 0.3) is 0 Å². The quantitative estimate of drug-likeness (QED) is 0.698. The van der Waals surface area contributed by atoms with E-state index in [0.29, 0.717) is 18.9 Å². The largest absolute Gasteiger partial charge is 0.360 e. The molecule has 0 saturated carbocycles. The standard InChI is InChI=1S/C17H36N2O2/c1-15(2,3)14(20)10-11-17(7,8)21-13-19(9)12-18-16(4,5)6/h18H,10-13H2,1-9H3. The number of nitrogens with one attached hydrogen (secondary N) is 1. The smallest absolute Gasteiger partial charge is 0.138 e. The minimum atomic E-state index is -0.281. The summed E-state index contributed by atoms with van der Waals surface area (Å²) in [6.45, 7) is 17.8. The summed E-state index contributed by atoms with van der Waals surface area (Å²) in [5.74, 6) is 0.293. The van der Waals surface area contributed by atoms with E-state index in [4.69, 9.17) is 4.74 Å². The summed E-state index contributed by atoms with van der Waals surface area (Å²) < 4.78 is 5.95. The average Bonchev–Trinajstić information content (AvgIpc) is 2.29. The number of ether oxygens (including phenoxy) is 1. The first-order chi connectivity index (χ1) is 9.23. The fourth-order valence-corrected chi connectivity index (χ4v) is 1.56. The number of nitrogens with zero attached hydrogens (tertiary/aromatic N) is 1. The van der Waals surface area contributed by atoms with Gasteiger partial charge < -0.3 is 4.74 Å². The van der Waals surface area contributed by atoms with E-state index < -0.39 is 0 Å². The third-order valence-electron chi connectivity index (χ3n) is 3.35. The van der Waals surface area contributed by atoms with Crippen LogP contribution in [0.15, 0.2) is 0 Å². The second-order valence-electron chi connectivity index (χ2n) is 8.65. The van der Waals surface area contributed by atoms with Crippen molar-refractivity contribution in [3.05, 3.63) is 0 Å². The zero-order valence-corrected chi connectivity index (χ0v) is 15.6. The van der Waals surface area contributed by atoms with Crippen LogP contribution in [0.2, 0.25) is 0 Å². The van der Waals surface area contributed by atoms with Crippen LogP contribution < -0.4 is 5.32 Å². The van der Waals surface area contributed by atoms with Crippen molar-refractivity contribution < 1.29 is 9.53 Å². The Morgan fingerprint density at radius 3 is 2.00 bits per heavy atom. The van der Waals surface area contributed by atoms with Crippen LogP contribution in [-0.4, -0.2) is 42.3 Å². The highest BCUT2D eigenvalue weighted by Crippen LogP contribution is 2.23.